The Bertz CT molecular complexity index is 434. The van der Waals surface area contributed by atoms with Crippen molar-refractivity contribution in [2.75, 3.05) is 5.32 Å². The summed E-state index contributed by atoms with van der Waals surface area (Å²) in [6.45, 7) is 3.23. The molecule has 0 aliphatic rings. The highest BCUT2D eigenvalue weighted by atomic mass is 35.5. The monoisotopic (exact) mass is 245 g/mol. The van der Waals surface area contributed by atoms with Gasteiger partial charge in [0.1, 0.15) is 0 Å². The van der Waals surface area contributed by atoms with Crippen molar-refractivity contribution >= 4 is 24.0 Å². The average Bonchev–Trinajstić information content (AvgIpc) is 2.10. The molecule has 3 N–H and O–H groups in total. The zero-order valence-corrected chi connectivity index (χ0v) is 10.3. The van der Waals surface area contributed by atoms with E-state index in [0.717, 1.165) is 0 Å². The first-order valence-electron chi connectivity index (χ1n) is 4.58. The van der Waals surface area contributed by atoms with Gasteiger partial charge < -0.3 is 15.6 Å². The highest BCUT2D eigenvalue weighted by Gasteiger charge is 2.21. The van der Waals surface area contributed by atoms with Crippen LogP contribution in [0.1, 0.15) is 13.8 Å². The predicted octanol–water partition coefficient (Wildman–Crippen LogP) is 0.483. The Morgan fingerprint density at radius 1 is 1.44 bits per heavy atom. The molecule has 0 aromatic carbocycles. The predicted molar refractivity (Wildman–Crippen MR) is 65.8 cm³/mol. The van der Waals surface area contributed by atoms with E-state index in [1.165, 1.54) is 10.6 Å². The maximum atomic E-state index is 11.5. The quantitative estimate of drug-likeness (QED) is 0.796. The number of carbonyl (C=O) groups is 1. The second-order valence-corrected chi connectivity index (χ2v) is 4.04. The summed E-state index contributed by atoms with van der Waals surface area (Å²) in [5.41, 5.74) is 5.11. The van der Waals surface area contributed by atoms with E-state index in [9.17, 15) is 9.59 Å². The number of hydrogen-bond donors (Lipinski definition) is 2. The van der Waals surface area contributed by atoms with Gasteiger partial charge in [-0.1, -0.05) is 0 Å². The maximum absolute atomic E-state index is 11.5. The molecule has 0 radical (unpaired) electrons. The van der Waals surface area contributed by atoms with Crippen LogP contribution in [-0.4, -0.2) is 16.0 Å². The van der Waals surface area contributed by atoms with Crippen molar-refractivity contribution in [3.63, 3.8) is 0 Å². The summed E-state index contributed by atoms with van der Waals surface area (Å²) in [6, 6.07) is 2.94. The van der Waals surface area contributed by atoms with Crippen molar-refractivity contribution in [2.24, 2.45) is 12.8 Å². The Hall–Kier alpha value is -1.33. The number of anilines is 1. The van der Waals surface area contributed by atoms with E-state index >= 15 is 0 Å². The first kappa shape index (κ1) is 14.7. The van der Waals surface area contributed by atoms with Crippen molar-refractivity contribution in [3.05, 3.63) is 28.7 Å². The second kappa shape index (κ2) is 5.14. The minimum atomic E-state index is -0.936. The lowest BCUT2D eigenvalue weighted by atomic mass is 10.1. The minimum absolute atomic E-state index is 0. The standard InChI is InChI=1S/C10H15N3O2.ClH/c1-10(2,11)9(15)12-7-4-5-8(14)13(3)6-7;/h4-6H,11H2,1-3H3,(H,12,15);1H. The normalized spacial score (nSPS) is 10.5. The van der Waals surface area contributed by atoms with Crippen molar-refractivity contribution in [2.45, 2.75) is 19.4 Å². The van der Waals surface area contributed by atoms with E-state index in [-0.39, 0.29) is 23.9 Å². The Labute approximate surface area is 100 Å². The number of aromatic nitrogens is 1. The van der Waals surface area contributed by atoms with Gasteiger partial charge in [-0.25, -0.2) is 0 Å². The fourth-order valence-electron chi connectivity index (χ4n) is 0.960. The van der Waals surface area contributed by atoms with E-state index < -0.39 is 5.54 Å². The molecule has 0 aliphatic carbocycles. The highest BCUT2D eigenvalue weighted by Crippen LogP contribution is 2.06. The van der Waals surface area contributed by atoms with E-state index in [1.54, 1.807) is 33.2 Å². The Morgan fingerprint density at radius 3 is 2.44 bits per heavy atom. The largest absolute Gasteiger partial charge is 0.323 e. The number of carbonyl (C=O) groups excluding carboxylic acids is 1. The summed E-state index contributed by atoms with van der Waals surface area (Å²) in [4.78, 5) is 22.6. The molecule has 1 amide bonds. The molecule has 1 heterocycles. The second-order valence-electron chi connectivity index (χ2n) is 4.04. The summed E-state index contributed by atoms with van der Waals surface area (Å²) < 4.78 is 1.39. The summed E-state index contributed by atoms with van der Waals surface area (Å²) in [5.74, 6) is -0.291. The molecular weight excluding hydrogens is 230 g/mol. The molecule has 0 fully saturated rings. The van der Waals surface area contributed by atoms with Crippen molar-refractivity contribution in [1.29, 1.82) is 0 Å². The molecule has 0 spiro atoms. The number of amides is 1. The molecule has 0 aliphatic heterocycles. The lowest BCUT2D eigenvalue weighted by Crippen LogP contribution is -2.45. The Morgan fingerprint density at radius 2 is 2.00 bits per heavy atom. The minimum Gasteiger partial charge on any atom is -0.323 e. The third-order valence-electron chi connectivity index (χ3n) is 1.93. The van der Waals surface area contributed by atoms with Gasteiger partial charge in [0.15, 0.2) is 0 Å². The van der Waals surface area contributed by atoms with E-state index in [0.29, 0.717) is 5.69 Å². The summed E-state index contributed by atoms with van der Waals surface area (Å²) in [7, 11) is 1.62. The van der Waals surface area contributed by atoms with Crippen molar-refractivity contribution in [1.82, 2.24) is 4.57 Å². The lowest BCUT2D eigenvalue weighted by molar-refractivity contribution is -0.120. The third-order valence-corrected chi connectivity index (χ3v) is 1.93. The zero-order chi connectivity index (χ0) is 11.6. The van der Waals surface area contributed by atoms with Crippen LogP contribution >= 0.6 is 12.4 Å². The van der Waals surface area contributed by atoms with Crippen molar-refractivity contribution < 1.29 is 4.79 Å². The first-order chi connectivity index (χ1) is 6.80. The van der Waals surface area contributed by atoms with Gasteiger partial charge in [0.05, 0.1) is 11.2 Å². The topological polar surface area (TPSA) is 77.1 Å². The van der Waals surface area contributed by atoms with Gasteiger partial charge in [0.2, 0.25) is 11.5 Å². The fourth-order valence-corrected chi connectivity index (χ4v) is 0.960. The van der Waals surface area contributed by atoms with E-state index in [2.05, 4.69) is 5.32 Å². The lowest BCUT2D eigenvalue weighted by Gasteiger charge is -2.17. The summed E-state index contributed by atoms with van der Waals surface area (Å²) in [5, 5.41) is 2.63. The van der Waals surface area contributed by atoms with Gasteiger partial charge in [0.25, 0.3) is 0 Å². The number of hydrogen-bond acceptors (Lipinski definition) is 3. The number of nitrogens with one attached hydrogen (secondary N) is 1. The number of pyridine rings is 1. The van der Waals surface area contributed by atoms with Gasteiger partial charge >= 0.3 is 0 Å². The molecule has 1 aromatic heterocycles. The number of halogens is 1. The van der Waals surface area contributed by atoms with Gasteiger partial charge in [-0.3, -0.25) is 9.59 Å². The van der Waals surface area contributed by atoms with Crippen LogP contribution in [0, 0.1) is 0 Å². The Kier molecular flexibility index (Phi) is 4.71. The summed E-state index contributed by atoms with van der Waals surface area (Å²) >= 11 is 0. The third kappa shape index (κ3) is 3.67. The molecule has 90 valence electrons. The average molecular weight is 246 g/mol. The molecule has 5 nitrogen and oxygen atoms in total. The molecule has 1 rings (SSSR count). The molecule has 0 atom stereocenters. The van der Waals surface area contributed by atoms with Crippen LogP contribution in [0.3, 0.4) is 0 Å². The Balaban J connectivity index is 0.00000225. The smallest absolute Gasteiger partial charge is 0.250 e. The highest BCUT2D eigenvalue weighted by molar-refractivity contribution is 5.97. The van der Waals surface area contributed by atoms with Crippen LogP contribution in [0.5, 0.6) is 0 Å². The molecule has 6 heteroatoms. The maximum Gasteiger partial charge on any atom is 0.250 e. The molecule has 0 saturated heterocycles. The van der Waals surface area contributed by atoms with Crippen LogP contribution in [0.25, 0.3) is 0 Å². The SMILES string of the molecule is Cl.Cn1cc(NC(=O)C(C)(C)N)ccc1=O. The molecule has 1 aromatic rings. The first-order valence-corrected chi connectivity index (χ1v) is 4.58. The zero-order valence-electron chi connectivity index (χ0n) is 9.48. The van der Waals surface area contributed by atoms with Crippen LogP contribution in [0.15, 0.2) is 23.1 Å². The number of aryl methyl sites for hydroxylation is 1. The molecular formula is C10H16ClN3O2. The molecule has 16 heavy (non-hydrogen) atoms. The number of rotatable bonds is 2. The molecule has 0 bridgehead atoms. The number of nitrogens with zero attached hydrogens (tertiary/aromatic N) is 1. The van der Waals surface area contributed by atoms with E-state index in [1.807, 2.05) is 0 Å². The van der Waals surface area contributed by atoms with Crippen LogP contribution in [0.4, 0.5) is 5.69 Å². The van der Waals surface area contributed by atoms with Crippen LogP contribution in [-0.2, 0) is 11.8 Å². The fraction of sp³-hybridized carbons (Fsp3) is 0.400. The van der Waals surface area contributed by atoms with Crippen LogP contribution < -0.4 is 16.6 Å². The molecule has 0 unspecified atom stereocenters. The number of nitrogens with two attached hydrogens (primary N) is 1. The van der Waals surface area contributed by atoms with Crippen molar-refractivity contribution in [3.8, 4) is 0 Å². The molecule has 0 saturated carbocycles. The summed E-state index contributed by atoms with van der Waals surface area (Å²) in [6.07, 6.45) is 1.55. The van der Waals surface area contributed by atoms with Gasteiger partial charge in [0, 0.05) is 19.3 Å². The van der Waals surface area contributed by atoms with E-state index in [4.69, 9.17) is 5.73 Å². The van der Waals surface area contributed by atoms with Crippen LogP contribution in [0.2, 0.25) is 0 Å². The van der Waals surface area contributed by atoms with Gasteiger partial charge in [-0.2, -0.15) is 0 Å². The van der Waals surface area contributed by atoms with Gasteiger partial charge in [-0.15, -0.1) is 12.4 Å². The van der Waals surface area contributed by atoms with Gasteiger partial charge in [-0.05, 0) is 19.9 Å².